The summed E-state index contributed by atoms with van der Waals surface area (Å²) in [5, 5.41) is 3.34. The molecule has 1 heterocycles. The summed E-state index contributed by atoms with van der Waals surface area (Å²) in [5.41, 5.74) is 0. The van der Waals surface area contributed by atoms with Gasteiger partial charge in [-0.15, -0.1) is 0 Å². The standard InChI is InChI=1S/C14H26N2O2/c1-4-8-15-11-13-6-7-14(18-13)12-16(2)9-5-10-17-3/h6-7,15H,4-5,8-12H2,1-3H3. The molecule has 1 N–H and O–H groups in total. The van der Waals surface area contributed by atoms with Gasteiger partial charge in [0.05, 0.1) is 13.1 Å². The quantitative estimate of drug-likeness (QED) is 0.650. The average molecular weight is 254 g/mol. The number of hydrogen-bond donors (Lipinski definition) is 1. The second kappa shape index (κ2) is 9.14. The van der Waals surface area contributed by atoms with Crippen LogP contribution in [0.1, 0.15) is 31.3 Å². The Balaban J connectivity index is 2.25. The molecule has 0 saturated heterocycles. The molecule has 0 saturated carbocycles. The molecule has 0 aromatic carbocycles. The first-order chi connectivity index (χ1) is 8.76. The molecule has 18 heavy (non-hydrogen) atoms. The maximum absolute atomic E-state index is 5.77. The predicted molar refractivity (Wildman–Crippen MR) is 73.5 cm³/mol. The van der Waals surface area contributed by atoms with Gasteiger partial charge < -0.3 is 14.5 Å². The third-order valence-corrected chi connectivity index (χ3v) is 2.76. The van der Waals surface area contributed by atoms with E-state index in [4.69, 9.17) is 9.15 Å². The Morgan fingerprint density at radius 1 is 1.33 bits per heavy atom. The van der Waals surface area contributed by atoms with Gasteiger partial charge in [0.25, 0.3) is 0 Å². The topological polar surface area (TPSA) is 37.6 Å². The van der Waals surface area contributed by atoms with E-state index in [2.05, 4.69) is 36.3 Å². The monoisotopic (exact) mass is 254 g/mol. The van der Waals surface area contributed by atoms with Crippen molar-refractivity contribution in [1.82, 2.24) is 10.2 Å². The summed E-state index contributed by atoms with van der Waals surface area (Å²) >= 11 is 0. The summed E-state index contributed by atoms with van der Waals surface area (Å²) in [6, 6.07) is 4.12. The fraction of sp³-hybridized carbons (Fsp3) is 0.714. The van der Waals surface area contributed by atoms with Gasteiger partial charge in [0.15, 0.2) is 0 Å². The van der Waals surface area contributed by atoms with Gasteiger partial charge in [-0.05, 0) is 38.6 Å². The summed E-state index contributed by atoms with van der Waals surface area (Å²) in [6.45, 7) is 6.72. The van der Waals surface area contributed by atoms with Gasteiger partial charge in [-0.3, -0.25) is 4.90 Å². The number of nitrogens with zero attached hydrogens (tertiary/aromatic N) is 1. The summed E-state index contributed by atoms with van der Waals surface area (Å²) in [7, 11) is 3.84. The van der Waals surface area contributed by atoms with Crippen LogP contribution in [0.2, 0.25) is 0 Å². The molecule has 0 bridgehead atoms. The van der Waals surface area contributed by atoms with Crippen molar-refractivity contribution in [1.29, 1.82) is 0 Å². The van der Waals surface area contributed by atoms with Crippen molar-refractivity contribution in [2.24, 2.45) is 0 Å². The molecule has 0 aliphatic heterocycles. The first kappa shape index (κ1) is 15.2. The molecule has 1 aromatic heterocycles. The second-order valence-corrected chi connectivity index (χ2v) is 4.63. The molecule has 104 valence electrons. The van der Waals surface area contributed by atoms with Gasteiger partial charge >= 0.3 is 0 Å². The van der Waals surface area contributed by atoms with Crippen molar-refractivity contribution in [3.63, 3.8) is 0 Å². The Labute approximate surface area is 110 Å². The van der Waals surface area contributed by atoms with Gasteiger partial charge in [-0.2, -0.15) is 0 Å². The molecule has 4 nitrogen and oxygen atoms in total. The first-order valence-corrected chi connectivity index (χ1v) is 6.72. The Bertz CT molecular complexity index is 312. The van der Waals surface area contributed by atoms with Crippen LogP contribution in [0, 0.1) is 0 Å². The van der Waals surface area contributed by atoms with Crippen LogP contribution in [-0.2, 0) is 17.8 Å². The number of nitrogens with one attached hydrogen (secondary N) is 1. The summed E-state index contributed by atoms with van der Waals surface area (Å²) in [5.74, 6) is 2.05. The summed E-state index contributed by atoms with van der Waals surface area (Å²) in [6.07, 6.45) is 2.20. The molecule has 0 amide bonds. The highest BCUT2D eigenvalue weighted by Crippen LogP contribution is 2.10. The van der Waals surface area contributed by atoms with E-state index < -0.39 is 0 Å². The first-order valence-electron chi connectivity index (χ1n) is 6.72. The molecule has 0 aliphatic rings. The van der Waals surface area contributed by atoms with Crippen molar-refractivity contribution in [2.45, 2.75) is 32.9 Å². The zero-order valence-electron chi connectivity index (χ0n) is 11.9. The molecule has 0 unspecified atom stereocenters. The highest BCUT2D eigenvalue weighted by atomic mass is 16.5. The SMILES string of the molecule is CCCNCc1ccc(CN(C)CCCOC)o1. The van der Waals surface area contributed by atoms with Crippen molar-refractivity contribution in [2.75, 3.05) is 33.9 Å². The Hall–Kier alpha value is -0.840. The fourth-order valence-corrected chi connectivity index (χ4v) is 1.81. The molecule has 0 atom stereocenters. The largest absolute Gasteiger partial charge is 0.463 e. The van der Waals surface area contributed by atoms with Crippen LogP contribution in [0.15, 0.2) is 16.5 Å². The molecule has 0 spiro atoms. The molecule has 0 fully saturated rings. The highest BCUT2D eigenvalue weighted by molar-refractivity contribution is 5.06. The van der Waals surface area contributed by atoms with E-state index in [9.17, 15) is 0 Å². The van der Waals surface area contributed by atoms with Gasteiger partial charge in [-0.25, -0.2) is 0 Å². The molecule has 1 aromatic rings. The summed E-state index contributed by atoms with van der Waals surface area (Å²) < 4.78 is 10.8. The molecule has 4 heteroatoms. The number of rotatable bonds is 10. The third kappa shape index (κ3) is 6.19. The highest BCUT2D eigenvalue weighted by Gasteiger charge is 2.05. The van der Waals surface area contributed by atoms with Gasteiger partial charge in [-0.1, -0.05) is 6.92 Å². The fourth-order valence-electron chi connectivity index (χ4n) is 1.81. The lowest BCUT2D eigenvalue weighted by Crippen LogP contribution is -2.19. The van der Waals surface area contributed by atoms with Gasteiger partial charge in [0.2, 0.25) is 0 Å². The van der Waals surface area contributed by atoms with Crippen molar-refractivity contribution in [3.8, 4) is 0 Å². The molecule has 0 aliphatic carbocycles. The number of ether oxygens (including phenoxy) is 1. The number of furan rings is 1. The zero-order valence-corrected chi connectivity index (χ0v) is 11.9. The molecular weight excluding hydrogens is 228 g/mol. The second-order valence-electron chi connectivity index (χ2n) is 4.63. The van der Waals surface area contributed by atoms with E-state index in [-0.39, 0.29) is 0 Å². The lowest BCUT2D eigenvalue weighted by atomic mass is 10.3. The maximum atomic E-state index is 5.77. The van der Waals surface area contributed by atoms with Crippen LogP contribution >= 0.6 is 0 Å². The van der Waals surface area contributed by atoms with Gasteiger partial charge in [0.1, 0.15) is 11.5 Å². The van der Waals surface area contributed by atoms with Crippen molar-refractivity contribution in [3.05, 3.63) is 23.7 Å². The predicted octanol–water partition coefficient (Wildman–Crippen LogP) is 2.25. The number of methoxy groups -OCH3 is 1. The minimum atomic E-state index is 0.814. The third-order valence-electron chi connectivity index (χ3n) is 2.76. The van der Waals surface area contributed by atoms with Crippen molar-refractivity contribution >= 4 is 0 Å². The number of hydrogen-bond acceptors (Lipinski definition) is 4. The van der Waals surface area contributed by atoms with Crippen LogP contribution in [0.25, 0.3) is 0 Å². The molecular formula is C14H26N2O2. The van der Waals surface area contributed by atoms with E-state index in [1.165, 1.54) is 0 Å². The minimum Gasteiger partial charge on any atom is -0.463 e. The average Bonchev–Trinajstić information content (AvgIpc) is 2.77. The van der Waals surface area contributed by atoms with Crippen LogP contribution in [0.4, 0.5) is 0 Å². The van der Waals surface area contributed by atoms with Crippen LogP contribution < -0.4 is 5.32 Å². The minimum absolute atomic E-state index is 0.814. The van der Waals surface area contributed by atoms with Crippen molar-refractivity contribution < 1.29 is 9.15 Å². The van der Waals surface area contributed by atoms with E-state index in [1.54, 1.807) is 7.11 Å². The van der Waals surface area contributed by atoms with Crippen LogP contribution in [0.3, 0.4) is 0 Å². The van der Waals surface area contributed by atoms with Gasteiger partial charge in [0, 0.05) is 20.3 Å². The Morgan fingerprint density at radius 3 is 2.83 bits per heavy atom. The Morgan fingerprint density at radius 2 is 2.11 bits per heavy atom. The normalized spacial score (nSPS) is 11.3. The lowest BCUT2D eigenvalue weighted by molar-refractivity contribution is 0.175. The summed E-state index contributed by atoms with van der Waals surface area (Å²) in [4.78, 5) is 2.25. The van der Waals surface area contributed by atoms with Crippen LogP contribution in [-0.4, -0.2) is 38.8 Å². The smallest absolute Gasteiger partial charge is 0.118 e. The van der Waals surface area contributed by atoms with E-state index in [0.717, 1.165) is 57.1 Å². The zero-order chi connectivity index (χ0) is 13.2. The maximum Gasteiger partial charge on any atom is 0.118 e. The Kier molecular flexibility index (Phi) is 7.73. The van der Waals surface area contributed by atoms with E-state index in [0.29, 0.717) is 0 Å². The lowest BCUT2D eigenvalue weighted by Gasteiger charge is -2.14. The van der Waals surface area contributed by atoms with E-state index in [1.807, 2.05) is 0 Å². The molecule has 0 radical (unpaired) electrons. The van der Waals surface area contributed by atoms with Crippen LogP contribution in [0.5, 0.6) is 0 Å². The molecule has 1 rings (SSSR count). The van der Waals surface area contributed by atoms with E-state index >= 15 is 0 Å².